The lowest BCUT2D eigenvalue weighted by atomic mass is 9.93. The summed E-state index contributed by atoms with van der Waals surface area (Å²) in [5.41, 5.74) is 0.188. The highest BCUT2D eigenvalue weighted by atomic mass is 16.5. The van der Waals surface area contributed by atoms with Crippen LogP contribution in [0.2, 0.25) is 0 Å². The average Bonchev–Trinajstić information content (AvgIpc) is 2.87. The molecule has 1 aromatic carbocycles. The third-order valence-corrected chi connectivity index (χ3v) is 7.47. The second-order valence-corrected chi connectivity index (χ2v) is 11.4. The Bertz CT molecular complexity index is 1000. The fourth-order valence-corrected chi connectivity index (χ4v) is 5.44. The van der Waals surface area contributed by atoms with Gasteiger partial charge in [-0.2, -0.15) is 0 Å². The highest BCUT2D eigenvalue weighted by Gasteiger charge is 2.42. The number of hydrogen-bond acceptors (Lipinski definition) is 5. The number of hydrogen-bond donors (Lipinski definition) is 1. The Balaban J connectivity index is 1.63. The molecule has 2 heterocycles. The molecule has 3 amide bonds. The van der Waals surface area contributed by atoms with Gasteiger partial charge >= 0.3 is 5.97 Å². The highest BCUT2D eigenvalue weighted by Crippen LogP contribution is 2.26. The molecule has 1 aromatic rings. The quantitative estimate of drug-likeness (QED) is 0.497. The SMILES string of the molecule is CC(=O)N1CCN(C(CC(C)C)C(=O)N2CCC(COc3cccc(C(=O)O)c3)CC2)C(=O)C1CC(C)C. The van der Waals surface area contributed by atoms with Gasteiger partial charge in [0.2, 0.25) is 17.7 Å². The van der Waals surface area contributed by atoms with E-state index in [-0.39, 0.29) is 41.0 Å². The Labute approximate surface area is 226 Å². The largest absolute Gasteiger partial charge is 0.493 e. The van der Waals surface area contributed by atoms with Crippen LogP contribution in [0.5, 0.6) is 5.75 Å². The molecular weight excluding hydrogens is 486 g/mol. The van der Waals surface area contributed by atoms with E-state index in [4.69, 9.17) is 4.74 Å². The molecule has 210 valence electrons. The third-order valence-electron chi connectivity index (χ3n) is 7.47. The van der Waals surface area contributed by atoms with Crippen molar-refractivity contribution in [3.05, 3.63) is 29.8 Å². The molecule has 2 fully saturated rings. The van der Waals surface area contributed by atoms with Crippen molar-refractivity contribution in [2.24, 2.45) is 17.8 Å². The molecule has 0 aromatic heterocycles. The van der Waals surface area contributed by atoms with Crippen LogP contribution >= 0.6 is 0 Å². The number of aromatic carboxylic acids is 1. The summed E-state index contributed by atoms with van der Waals surface area (Å²) in [7, 11) is 0. The van der Waals surface area contributed by atoms with Crippen molar-refractivity contribution in [1.29, 1.82) is 0 Å². The first kappa shape index (κ1) is 29.5. The number of carbonyl (C=O) groups is 4. The zero-order valence-electron chi connectivity index (χ0n) is 23.4. The van der Waals surface area contributed by atoms with Crippen LogP contribution in [0.4, 0.5) is 0 Å². The average molecular weight is 530 g/mol. The van der Waals surface area contributed by atoms with Crippen LogP contribution in [0.25, 0.3) is 0 Å². The molecule has 2 unspecified atom stereocenters. The Morgan fingerprint density at radius 3 is 2.29 bits per heavy atom. The molecule has 0 aliphatic carbocycles. The summed E-state index contributed by atoms with van der Waals surface area (Å²) in [6.45, 7) is 12.2. The number of carboxylic acid groups (broad SMARTS) is 1. The van der Waals surface area contributed by atoms with E-state index >= 15 is 0 Å². The molecule has 2 saturated heterocycles. The molecule has 2 aliphatic rings. The second kappa shape index (κ2) is 13.1. The number of rotatable bonds is 10. The predicted octanol–water partition coefficient (Wildman–Crippen LogP) is 3.52. The number of piperidine rings is 1. The minimum atomic E-state index is -0.991. The summed E-state index contributed by atoms with van der Waals surface area (Å²) < 4.78 is 5.86. The zero-order chi connectivity index (χ0) is 28.0. The van der Waals surface area contributed by atoms with Crippen molar-refractivity contribution >= 4 is 23.7 Å². The van der Waals surface area contributed by atoms with Crippen molar-refractivity contribution < 1.29 is 29.0 Å². The number of amides is 3. The number of carboxylic acids is 1. The van der Waals surface area contributed by atoms with Crippen LogP contribution in [0, 0.1) is 17.8 Å². The van der Waals surface area contributed by atoms with Crippen molar-refractivity contribution in [1.82, 2.24) is 14.7 Å². The van der Waals surface area contributed by atoms with E-state index in [1.165, 1.54) is 19.1 Å². The van der Waals surface area contributed by atoms with E-state index in [9.17, 15) is 24.3 Å². The highest BCUT2D eigenvalue weighted by molar-refractivity contribution is 5.93. The summed E-state index contributed by atoms with van der Waals surface area (Å²) in [6.07, 6.45) is 2.72. The fourth-order valence-electron chi connectivity index (χ4n) is 5.44. The van der Waals surface area contributed by atoms with Gasteiger partial charge in [0.1, 0.15) is 17.8 Å². The van der Waals surface area contributed by atoms with Crippen LogP contribution in [0.15, 0.2) is 24.3 Å². The van der Waals surface area contributed by atoms with Gasteiger partial charge in [-0.1, -0.05) is 33.8 Å². The van der Waals surface area contributed by atoms with Gasteiger partial charge in [-0.15, -0.1) is 0 Å². The summed E-state index contributed by atoms with van der Waals surface area (Å²) in [6, 6.07) is 5.41. The molecule has 1 N–H and O–H groups in total. The molecule has 0 spiro atoms. The fraction of sp³-hybridized carbons (Fsp3) is 0.655. The lowest BCUT2D eigenvalue weighted by molar-refractivity contribution is -0.159. The first-order valence-corrected chi connectivity index (χ1v) is 13.8. The van der Waals surface area contributed by atoms with Gasteiger partial charge in [0.25, 0.3) is 0 Å². The molecule has 2 aliphatic heterocycles. The maximum absolute atomic E-state index is 13.8. The van der Waals surface area contributed by atoms with E-state index in [0.717, 1.165) is 12.8 Å². The molecule has 0 bridgehead atoms. The third kappa shape index (κ3) is 7.48. The number of carbonyl (C=O) groups excluding carboxylic acids is 3. The predicted molar refractivity (Wildman–Crippen MR) is 144 cm³/mol. The van der Waals surface area contributed by atoms with Crippen molar-refractivity contribution in [2.45, 2.75) is 72.4 Å². The zero-order valence-corrected chi connectivity index (χ0v) is 23.4. The molecule has 9 heteroatoms. The Kier molecular flexibility index (Phi) is 10.2. The number of ether oxygens (including phenoxy) is 1. The number of benzene rings is 1. The van der Waals surface area contributed by atoms with Crippen LogP contribution < -0.4 is 4.74 Å². The van der Waals surface area contributed by atoms with Gasteiger partial charge in [-0.3, -0.25) is 14.4 Å². The lowest BCUT2D eigenvalue weighted by Crippen LogP contribution is -2.63. The lowest BCUT2D eigenvalue weighted by Gasteiger charge is -2.45. The smallest absolute Gasteiger partial charge is 0.335 e. The molecule has 3 rings (SSSR count). The van der Waals surface area contributed by atoms with Gasteiger partial charge in [0, 0.05) is 33.1 Å². The van der Waals surface area contributed by atoms with Gasteiger partial charge in [-0.05, 0) is 61.6 Å². The van der Waals surface area contributed by atoms with E-state index in [1.807, 2.05) is 18.7 Å². The second-order valence-electron chi connectivity index (χ2n) is 11.4. The summed E-state index contributed by atoms with van der Waals surface area (Å²) in [4.78, 5) is 56.1. The first-order valence-electron chi connectivity index (χ1n) is 13.8. The van der Waals surface area contributed by atoms with Crippen LogP contribution in [-0.2, 0) is 14.4 Å². The Morgan fingerprint density at radius 2 is 1.71 bits per heavy atom. The standard InChI is InChI=1S/C29H43N3O6/c1-19(2)15-25(32-14-13-31(21(5)33)26(28(32)35)16-20(3)4)27(34)30-11-9-22(10-12-30)18-38-24-8-6-7-23(17-24)29(36)37/h6-8,17,19-20,22,25-26H,9-16,18H2,1-5H3,(H,36,37). The van der Waals surface area contributed by atoms with E-state index in [1.54, 1.807) is 21.9 Å². The van der Waals surface area contributed by atoms with Crippen molar-refractivity contribution in [3.8, 4) is 5.75 Å². The molecule has 0 radical (unpaired) electrons. The summed E-state index contributed by atoms with van der Waals surface area (Å²) in [5, 5.41) is 9.17. The van der Waals surface area contributed by atoms with Crippen molar-refractivity contribution in [2.75, 3.05) is 32.8 Å². The maximum atomic E-state index is 13.8. The Hall–Kier alpha value is -3.10. The van der Waals surface area contributed by atoms with E-state index in [2.05, 4.69) is 13.8 Å². The maximum Gasteiger partial charge on any atom is 0.335 e. The topological polar surface area (TPSA) is 107 Å². The minimum Gasteiger partial charge on any atom is -0.493 e. The van der Waals surface area contributed by atoms with Gasteiger partial charge in [0.15, 0.2) is 0 Å². The van der Waals surface area contributed by atoms with Crippen LogP contribution in [-0.4, -0.2) is 88.4 Å². The molecular formula is C29H43N3O6. The number of nitrogens with zero attached hydrogens (tertiary/aromatic N) is 3. The van der Waals surface area contributed by atoms with E-state index < -0.39 is 18.1 Å². The molecule has 38 heavy (non-hydrogen) atoms. The van der Waals surface area contributed by atoms with Gasteiger partial charge < -0.3 is 24.5 Å². The van der Waals surface area contributed by atoms with Crippen LogP contribution in [0.1, 0.15) is 70.7 Å². The molecule has 9 nitrogen and oxygen atoms in total. The van der Waals surface area contributed by atoms with Crippen LogP contribution in [0.3, 0.4) is 0 Å². The summed E-state index contributed by atoms with van der Waals surface area (Å²) in [5.74, 6) is 0.0405. The first-order chi connectivity index (χ1) is 18.0. The number of piperazine rings is 1. The van der Waals surface area contributed by atoms with E-state index in [0.29, 0.717) is 51.4 Å². The minimum absolute atomic E-state index is 0.0138. The summed E-state index contributed by atoms with van der Waals surface area (Å²) >= 11 is 0. The Morgan fingerprint density at radius 1 is 1.03 bits per heavy atom. The molecule has 0 saturated carbocycles. The van der Waals surface area contributed by atoms with Gasteiger partial charge in [0.05, 0.1) is 12.2 Å². The van der Waals surface area contributed by atoms with Crippen molar-refractivity contribution in [3.63, 3.8) is 0 Å². The monoisotopic (exact) mass is 529 g/mol. The normalized spacial score (nSPS) is 19.7. The molecule has 2 atom stereocenters. The van der Waals surface area contributed by atoms with Gasteiger partial charge in [-0.25, -0.2) is 4.79 Å². The number of likely N-dealkylation sites (tertiary alicyclic amines) is 1.